The third-order valence-corrected chi connectivity index (χ3v) is 13.7. The predicted octanol–water partition coefficient (Wildman–Crippen LogP) is 14.3. The van der Waals surface area contributed by atoms with Gasteiger partial charge in [-0.3, -0.25) is 0 Å². The number of rotatable bonds is 13. The van der Waals surface area contributed by atoms with Crippen molar-refractivity contribution in [3.05, 3.63) is 196 Å². The third-order valence-electron chi connectivity index (χ3n) is 10.8. The molecule has 8 rings (SSSR count). The monoisotopic (exact) mass is 1070 g/mol. The molecule has 23 heteroatoms. The first-order valence-electron chi connectivity index (χ1n) is 20.6. The first-order chi connectivity index (χ1) is 34.9. The lowest BCUT2D eigenvalue weighted by Crippen LogP contribution is -2.17. The van der Waals surface area contributed by atoms with Gasteiger partial charge in [-0.15, -0.1) is 0 Å². The molecule has 0 heterocycles. The minimum absolute atomic E-state index is 0.00540. The molecule has 0 saturated heterocycles. The van der Waals surface area contributed by atoms with Crippen molar-refractivity contribution in [1.82, 2.24) is 0 Å². The zero-order chi connectivity index (χ0) is 53.7. The molecule has 0 aliphatic rings. The highest BCUT2D eigenvalue weighted by molar-refractivity contribution is 7.91. The summed E-state index contributed by atoms with van der Waals surface area (Å²) in [4.78, 5) is -6.88. The average molecular weight is 1070 g/mol. The Labute approximate surface area is 410 Å². The molecule has 0 unspecified atom stereocenters. The van der Waals surface area contributed by atoms with Crippen LogP contribution in [-0.4, -0.2) is 23.1 Å². The fraction of sp³-hybridized carbons (Fsp3) is 0.0392. The lowest BCUT2D eigenvalue weighted by Gasteiger charge is -2.15. The van der Waals surface area contributed by atoms with Crippen LogP contribution < -0.4 is 18.9 Å². The second kappa shape index (κ2) is 19.8. The first kappa shape index (κ1) is 51.9. The molecule has 9 nitrogen and oxygen atoms in total. The Kier molecular flexibility index (Phi) is 13.9. The number of nitrogens with zero attached hydrogens (tertiary/aromatic N) is 1. The molecular weight excluding hydrogens is 1050 g/mol. The van der Waals surface area contributed by atoms with Crippen LogP contribution in [0.15, 0.2) is 130 Å². The molecule has 0 spiro atoms. The van der Waals surface area contributed by atoms with Crippen molar-refractivity contribution in [2.24, 2.45) is 0 Å². The Morgan fingerprint density at radius 2 is 0.649 bits per heavy atom. The summed E-state index contributed by atoms with van der Waals surface area (Å²) in [5, 5.41) is 10.1. The van der Waals surface area contributed by atoms with Gasteiger partial charge in [0.15, 0.2) is 56.4 Å². The molecule has 0 aromatic heterocycles. The second-order valence-electron chi connectivity index (χ2n) is 15.6. The van der Waals surface area contributed by atoms with E-state index in [-0.39, 0.29) is 34.3 Å². The fourth-order valence-corrected chi connectivity index (χ4v) is 9.46. The van der Waals surface area contributed by atoms with Crippen LogP contribution >= 0.6 is 0 Å². The normalized spacial score (nSPS) is 11.6. The number of sulfone groups is 2. The van der Waals surface area contributed by atoms with Crippen LogP contribution in [0, 0.1) is 88.1 Å². The van der Waals surface area contributed by atoms with Crippen LogP contribution in [0.25, 0.3) is 22.3 Å². The van der Waals surface area contributed by atoms with E-state index >= 15 is 17.6 Å². The highest BCUT2D eigenvalue weighted by Crippen LogP contribution is 2.42. The van der Waals surface area contributed by atoms with E-state index in [4.69, 9.17) is 18.9 Å². The molecule has 0 aliphatic heterocycles. The minimum atomic E-state index is -6.33. The summed E-state index contributed by atoms with van der Waals surface area (Å²) in [5.41, 5.74) is 0.770. The SMILES string of the molecule is Cc1c(F)c(F)c(S(=O)(=O)c2c(F)c(F)c(Oc3ccc(-c4ccc(Oc5cccc(Oc6ccc(-c7ccc(Oc8c(F)c(F)c(S(C)(=O)=O)c(F)c8F)cc7)cc6)c5C#N)cc4)cc3)c(F)c2F)c(F)c1F. The summed E-state index contributed by atoms with van der Waals surface area (Å²) in [6.45, 7) is 0.529. The largest absolute Gasteiger partial charge is 0.456 e. The molecular formula is C51H25F12NO8S2. The Balaban J connectivity index is 0.925. The molecule has 8 aromatic rings. The Morgan fingerprint density at radius 3 is 0.932 bits per heavy atom. The Morgan fingerprint density at radius 1 is 0.378 bits per heavy atom. The van der Waals surface area contributed by atoms with Crippen LogP contribution in [-0.2, 0) is 19.7 Å². The van der Waals surface area contributed by atoms with E-state index in [1.54, 1.807) is 42.5 Å². The molecule has 0 atom stereocenters. The number of hydrogen-bond donors (Lipinski definition) is 0. The van der Waals surface area contributed by atoms with Crippen molar-refractivity contribution >= 4 is 19.7 Å². The maximum atomic E-state index is 15.2. The molecule has 8 aromatic carbocycles. The molecule has 0 amide bonds. The summed E-state index contributed by atoms with van der Waals surface area (Å²) in [7, 11) is -11.0. The predicted molar refractivity (Wildman–Crippen MR) is 237 cm³/mol. The van der Waals surface area contributed by atoms with Gasteiger partial charge in [-0.2, -0.15) is 22.8 Å². The van der Waals surface area contributed by atoms with Crippen molar-refractivity contribution in [3.8, 4) is 74.3 Å². The van der Waals surface area contributed by atoms with Crippen LogP contribution in [0.5, 0.6) is 46.0 Å². The standard InChI is InChI=1S/C51H25F12NO8S2/c1-23-35(52)41(58)50(42(59)36(23)53)74(67,68)51-45(62)39(56)48(40(57)46(51)63)72-31-20-12-27(13-21-31)25-8-16-29(17-9-25)70-34-5-3-4-33(32(34)22-64)69-28-14-6-24(7-15-28)26-10-18-30(19-11-26)71-47-37(54)43(60)49(73(2,65)66)44(61)38(47)55/h3-21H,1-2H3. The van der Waals surface area contributed by atoms with Gasteiger partial charge >= 0.3 is 0 Å². The first-order valence-corrected chi connectivity index (χ1v) is 24.0. The van der Waals surface area contributed by atoms with Crippen molar-refractivity contribution in [2.45, 2.75) is 21.6 Å². The lowest BCUT2D eigenvalue weighted by molar-refractivity contribution is 0.350. The van der Waals surface area contributed by atoms with Crippen molar-refractivity contribution in [1.29, 1.82) is 5.26 Å². The van der Waals surface area contributed by atoms with E-state index in [1.807, 2.05) is 6.07 Å². The third kappa shape index (κ3) is 9.51. The van der Waals surface area contributed by atoms with Gasteiger partial charge in [0.2, 0.25) is 44.6 Å². The molecule has 0 fully saturated rings. The van der Waals surface area contributed by atoms with Gasteiger partial charge in [0.25, 0.3) is 0 Å². The highest BCUT2D eigenvalue weighted by Gasteiger charge is 2.41. The quantitative estimate of drug-likeness (QED) is 0.0818. The van der Waals surface area contributed by atoms with E-state index in [0.29, 0.717) is 35.4 Å². The van der Waals surface area contributed by atoms with E-state index < -0.39 is 127 Å². The molecule has 0 aliphatic carbocycles. The summed E-state index contributed by atoms with van der Waals surface area (Å²) in [6, 6.07) is 29.4. The number of ether oxygens (including phenoxy) is 4. The van der Waals surface area contributed by atoms with Gasteiger partial charge in [-0.25, -0.2) is 52.0 Å². The maximum absolute atomic E-state index is 15.2. The second-order valence-corrected chi connectivity index (χ2v) is 19.3. The topological polar surface area (TPSA) is 129 Å². The molecule has 378 valence electrons. The molecule has 0 bridgehead atoms. The van der Waals surface area contributed by atoms with Crippen molar-refractivity contribution in [3.63, 3.8) is 0 Å². The molecule has 0 radical (unpaired) electrons. The number of benzene rings is 8. The highest BCUT2D eigenvalue weighted by atomic mass is 32.2. The molecule has 0 saturated carbocycles. The Hall–Kier alpha value is -8.49. The maximum Gasteiger partial charge on any atom is 0.218 e. The van der Waals surface area contributed by atoms with Gasteiger partial charge in [0, 0.05) is 11.8 Å². The average Bonchev–Trinajstić information content (AvgIpc) is 3.37. The van der Waals surface area contributed by atoms with E-state index in [2.05, 4.69) is 0 Å². The minimum Gasteiger partial charge on any atom is -0.456 e. The summed E-state index contributed by atoms with van der Waals surface area (Å²) >= 11 is 0. The zero-order valence-corrected chi connectivity index (χ0v) is 38.7. The van der Waals surface area contributed by atoms with Crippen molar-refractivity contribution in [2.75, 3.05) is 6.26 Å². The van der Waals surface area contributed by atoms with Crippen LogP contribution in [0.4, 0.5) is 52.7 Å². The van der Waals surface area contributed by atoms with E-state index in [9.17, 15) is 57.2 Å². The number of hydrogen-bond acceptors (Lipinski definition) is 9. The number of nitriles is 1. The van der Waals surface area contributed by atoms with Crippen LogP contribution in [0.3, 0.4) is 0 Å². The fourth-order valence-electron chi connectivity index (χ4n) is 7.13. The molecule has 74 heavy (non-hydrogen) atoms. The van der Waals surface area contributed by atoms with Gasteiger partial charge in [-0.1, -0.05) is 54.6 Å². The summed E-state index contributed by atoms with van der Waals surface area (Å²) in [5.74, 6) is -31.7. The molecule has 0 N–H and O–H groups in total. The van der Waals surface area contributed by atoms with Crippen molar-refractivity contribution < 1.29 is 88.5 Å². The lowest BCUT2D eigenvalue weighted by atomic mass is 10.1. The zero-order valence-electron chi connectivity index (χ0n) is 37.0. The summed E-state index contributed by atoms with van der Waals surface area (Å²) < 4.78 is 247. The van der Waals surface area contributed by atoms with Gasteiger partial charge in [0.1, 0.15) is 60.8 Å². The van der Waals surface area contributed by atoms with Gasteiger partial charge < -0.3 is 18.9 Å². The van der Waals surface area contributed by atoms with Gasteiger partial charge in [-0.05, 0) is 89.8 Å². The smallest absolute Gasteiger partial charge is 0.218 e. The van der Waals surface area contributed by atoms with E-state index in [1.165, 1.54) is 60.7 Å². The van der Waals surface area contributed by atoms with Crippen LogP contribution in [0.2, 0.25) is 0 Å². The van der Waals surface area contributed by atoms with E-state index in [0.717, 1.165) is 12.1 Å². The Bertz CT molecular complexity index is 3770. The van der Waals surface area contributed by atoms with Crippen LogP contribution in [0.1, 0.15) is 11.1 Å². The summed E-state index contributed by atoms with van der Waals surface area (Å²) in [6.07, 6.45) is 0.381. The van der Waals surface area contributed by atoms with Gasteiger partial charge in [0.05, 0.1) is 0 Å². The number of halogens is 12.